The summed E-state index contributed by atoms with van der Waals surface area (Å²) in [5, 5.41) is 27.6. The van der Waals surface area contributed by atoms with Crippen molar-refractivity contribution >= 4 is 0 Å². The zero-order chi connectivity index (χ0) is 51.7. The van der Waals surface area contributed by atoms with Gasteiger partial charge in [-0.15, -0.1) is 0 Å². The van der Waals surface area contributed by atoms with Crippen LogP contribution in [-0.4, -0.2) is 111 Å². The van der Waals surface area contributed by atoms with Gasteiger partial charge < -0.3 is 82.1 Å². The van der Waals surface area contributed by atoms with Crippen LogP contribution in [0.4, 0.5) is 0 Å². The number of aliphatic hydroxyl groups excluding tert-OH is 3. The molecule has 0 atom stereocenters. The second-order valence-corrected chi connectivity index (χ2v) is 23.2. The van der Waals surface area contributed by atoms with Crippen molar-refractivity contribution in [2.75, 3.05) is 82.1 Å². The Morgan fingerprint density at radius 1 is 0.250 bits per heavy atom. The Kier molecular flexibility index (Phi) is 78.7. The third-order valence-electron chi connectivity index (χ3n) is 14.0. The lowest BCUT2D eigenvalue weighted by Crippen LogP contribution is -3.00. The molecule has 0 aliphatic carbocycles. The molecule has 0 aromatic rings. The summed E-state index contributed by atoms with van der Waals surface area (Å²) in [5.74, 6) is 0. The summed E-state index contributed by atoms with van der Waals surface area (Å²) in [6.07, 6.45) is 71.3. The highest BCUT2D eigenvalue weighted by atomic mass is 127. The molecule has 0 saturated carbocycles. The van der Waals surface area contributed by atoms with E-state index in [9.17, 15) is 15.3 Å². The number of halogens is 3. The largest absolute Gasteiger partial charge is 1.00 e. The summed E-state index contributed by atoms with van der Waals surface area (Å²) in [6.45, 7) is 10.9. The van der Waals surface area contributed by atoms with E-state index in [0.29, 0.717) is 0 Å². The normalized spacial score (nSPS) is 11.8. The number of unbranched alkanes of at least 4 members (excludes halogenated alkanes) is 36. The first-order valence-electron chi connectivity index (χ1n) is 30.6. The van der Waals surface area contributed by atoms with Crippen molar-refractivity contribution in [2.45, 2.75) is 290 Å². The Bertz CT molecular complexity index is 933. The number of rotatable bonds is 51. The van der Waals surface area contributed by atoms with E-state index in [4.69, 9.17) is 0 Å². The SMILES string of the molecule is CCCCCCCC/C=C\CCCCCCCC[N+](C)(C)CO.CCCCCCCC/C=C\CCCCCCCC[N+](C)(C)CO.CCCCCCCC/C=C\CCCCCCCC[N+](C)(C)CO.[Br-].[Cl-].[I-]. The second kappa shape index (κ2) is 67.6. The number of allylic oxidation sites excluding steroid dienone is 6. The summed E-state index contributed by atoms with van der Waals surface area (Å²) >= 11 is 0. The first-order valence-corrected chi connectivity index (χ1v) is 30.6. The predicted molar refractivity (Wildman–Crippen MR) is 311 cm³/mol. The van der Waals surface area contributed by atoms with Gasteiger partial charge in [0.05, 0.1) is 61.9 Å². The first kappa shape index (κ1) is 83.8. The van der Waals surface area contributed by atoms with Crippen molar-refractivity contribution in [3.8, 4) is 0 Å². The van der Waals surface area contributed by atoms with Crippen LogP contribution in [0.5, 0.6) is 0 Å². The Morgan fingerprint density at radius 3 is 0.542 bits per heavy atom. The van der Waals surface area contributed by atoms with Crippen molar-refractivity contribution in [3.05, 3.63) is 36.5 Å². The third kappa shape index (κ3) is 77.0. The lowest BCUT2D eigenvalue weighted by Gasteiger charge is -2.26. The highest BCUT2D eigenvalue weighted by Crippen LogP contribution is 2.14. The molecule has 0 aromatic carbocycles. The number of nitrogens with zero attached hydrogens (tertiary/aromatic N) is 3. The van der Waals surface area contributed by atoms with Gasteiger partial charge in [0.2, 0.25) is 0 Å². The molecule has 0 aliphatic rings. The number of hydrogen-bond donors (Lipinski definition) is 3. The summed E-state index contributed by atoms with van der Waals surface area (Å²) in [7, 11) is 12.6. The molecule has 438 valence electrons. The van der Waals surface area contributed by atoms with E-state index in [1.165, 1.54) is 270 Å². The highest BCUT2D eigenvalue weighted by molar-refractivity contribution is 4.82. The van der Waals surface area contributed by atoms with Crippen molar-refractivity contribution < 1.29 is 82.1 Å². The maximum absolute atomic E-state index is 9.19. The zero-order valence-electron chi connectivity index (χ0n) is 50.2. The molecule has 0 saturated heterocycles. The highest BCUT2D eigenvalue weighted by Gasteiger charge is 2.13. The fourth-order valence-corrected chi connectivity index (χ4v) is 8.57. The maximum Gasteiger partial charge on any atom is 0.179 e. The molecule has 72 heavy (non-hydrogen) atoms. The Labute approximate surface area is 487 Å². The molecule has 9 heteroatoms. The van der Waals surface area contributed by atoms with Crippen molar-refractivity contribution in [2.24, 2.45) is 0 Å². The van der Waals surface area contributed by atoms with Crippen LogP contribution in [0, 0.1) is 0 Å². The quantitative estimate of drug-likeness (QED) is 0.0188. The van der Waals surface area contributed by atoms with Crippen molar-refractivity contribution in [3.63, 3.8) is 0 Å². The topological polar surface area (TPSA) is 60.7 Å². The molecule has 0 fully saturated rings. The molecule has 0 amide bonds. The molecule has 6 nitrogen and oxygen atoms in total. The van der Waals surface area contributed by atoms with Gasteiger partial charge in [0.1, 0.15) is 0 Å². The van der Waals surface area contributed by atoms with E-state index in [2.05, 4.69) is 99.5 Å². The van der Waals surface area contributed by atoms with Gasteiger partial charge in [0.15, 0.2) is 20.2 Å². The van der Waals surface area contributed by atoms with Gasteiger partial charge in [-0.1, -0.05) is 211 Å². The van der Waals surface area contributed by atoms with E-state index >= 15 is 0 Å². The molecule has 0 aromatic heterocycles. The molecule has 0 radical (unpaired) electrons. The van der Waals surface area contributed by atoms with Crippen LogP contribution in [0.3, 0.4) is 0 Å². The average molecular weight is 1220 g/mol. The van der Waals surface area contributed by atoms with Crippen molar-refractivity contribution in [1.29, 1.82) is 0 Å². The smallest absolute Gasteiger partial charge is 0.179 e. The van der Waals surface area contributed by atoms with Gasteiger partial charge in [0.25, 0.3) is 0 Å². The molecule has 0 bridgehead atoms. The van der Waals surface area contributed by atoms with Gasteiger partial charge in [-0.2, -0.15) is 0 Å². The van der Waals surface area contributed by atoms with Gasteiger partial charge in [-0.05, 0) is 116 Å². The van der Waals surface area contributed by atoms with Crippen molar-refractivity contribution in [1.82, 2.24) is 0 Å². The predicted octanol–water partition coefficient (Wildman–Crippen LogP) is 9.16. The maximum atomic E-state index is 9.19. The lowest BCUT2D eigenvalue weighted by atomic mass is 10.1. The summed E-state index contributed by atoms with van der Waals surface area (Å²) < 4.78 is 2.22. The van der Waals surface area contributed by atoms with E-state index in [0.717, 1.165) is 33.1 Å². The molecule has 0 heterocycles. The first-order chi connectivity index (χ1) is 33.4. The average Bonchev–Trinajstić information content (AvgIpc) is 3.34. The molecule has 3 N–H and O–H groups in total. The summed E-state index contributed by atoms with van der Waals surface area (Å²) in [4.78, 5) is 0. The van der Waals surface area contributed by atoms with Crippen LogP contribution in [0.25, 0.3) is 0 Å². The molecular formula is C63H132BrClIN3O3. The van der Waals surface area contributed by atoms with Crippen LogP contribution in [0.1, 0.15) is 290 Å². The van der Waals surface area contributed by atoms with Gasteiger partial charge >= 0.3 is 0 Å². The number of quaternary nitrogens is 3. The minimum Gasteiger partial charge on any atom is -1.00 e. The van der Waals surface area contributed by atoms with E-state index < -0.39 is 0 Å². The Hall–Kier alpha value is 0.480. The van der Waals surface area contributed by atoms with Crippen LogP contribution in [0.15, 0.2) is 36.5 Å². The number of aliphatic hydroxyl groups is 3. The van der Waals surface area contributed by atoms with E-state index in [1.807, 2.05) is 0 Å². The molecular weight excluding hydrogens is 1090 g/mol. The third-order valence-corrected chi connectivity index (χ3v) is 14.0. The zero-order valence-corrected chi connectivity index (χ0v) is 54.7. The monoisotopic (exact) mass is 1220 g/mol. The molecule has 0 unspecified atom stereocenters. The Balaban J connectivity index is -0.000000222. The Morgan fingerprint density at radius 2 is 0.389 bits per heavy atom. The summed E-state index contributed by atoms with van der Waals surface area (Å²) in [6, 6.07) is 0. The van der Waals surface area contributed by atoms with Crippen LogP contribution >= 0.6 is 0 Å². The van der Waals surface area contributed by atoms with Gasteiger partial charge in [-0.3, -0.25) is 0 Å². The fourth-order valence-electron chi connectivity index (χ4n) is 8.57. The van der Waals surface area contributed by atoms with Crippen LogP contribution in [-0.2, 0) is 0 Å². The van der Waals surface area contributed by atoms with Gasteiger partial charge in [-0.25, -0.2) is 0 Å². The van der Waals surface area contributed by atoms with E-state index in [-0.39, 0.29) is 73.6 Å². The van der Waals surface area contributed by atoms with Crippen LogP contribution in [0.2, 0.25) is 0 Å². The van der Waals surface area contributed by atoms with Crippen LogP contribution < -0.4 is 53.4 Å². The van der Waals surface area contributed by atoms with Gasteiger partial charge in [0, 0.05) is 0 Å². The summed E-state index contributed by atoms with van der Waals surface area (Å²) in [5.41, 5.74) is 0. The second-order valence-electron chi connectivity index (χ2n) is 23.2. The molecule has 0 rings (SSSR count). The lowest BCUT2D eigenvalue weighted by molar-refractivity contribution is -0.909. The minimum atomic E-state index is 0. The number of hydrogen-bond acceptors (Lipinski definition) is 3. The standard InChI is InChI=1S/3C21H44NO.BrH.ClH.HI/c3*1-4-5-6-7-8-9-10-11-12-13-14-15-16-17-18-19-20-22(2,3)21-23;;;/h3*11-12,23H,4-10,13-21H2,1-3H3;3*1H/q3*+1;;;/p-3/b3*12-11-;;;. The minimum absolute atomic E-state index is 0. The van der Waals surface area contributed by atoms with E-state index in [1.54, 1.807) is 0 Å². The fraction of sp³-hybridized carbons (Fsp3) is 0.905. The molecule has 0 spiro atoms. The molecule has 0 aliphatic heterocycles.